The van der Waals surface area contributed by atoms with Gasteiger partial charge in [-0.15, -0.1) is 0 Å². The minimum Gasteiger partial charge on any atom is -0.494 e. The van der Waals surface area contributed by atoms with Crippen molar-refractivity contribution in [2.75, 3.05) is 25.2 Å². The molecule has 0 radical (unpaired) electrons. The fourth-order valence-electron chi connectivity index (χ4n) is 3.13. The second-order valence-electron chi connectivity index (χ2n) is 6.62. The number of amides is 2. The highest BCUT2D eigenvalue weighted by Gasteiger charge is 2.22. The molecular formula is C21H23FN2O4. The Bertz CT molecular complexity index is 871. The van der Waals surface area contributed by atoms with Crippen LogP contribution in [-0.4, -0.2) is 32.1 Å². The Hall–Kier alpha value is -3.09. The first kappa shape index (κ1) is 19.7. The highest BCUT2D eigenvalue weighted by molar-refractivity contribution is 5.95. The van der Waals surface area contributed by atoms with Crippen molar-refractivity contribution in [3.8, 4) is 11.5 Å². The average Bonchev–Trinajstić information content (AvgIpc) is 3.12. The predicted molar refractivity (Wildman–Crippen MR) is 103 cm³/mol. The molecule has 0 bridgehead atoms. The van der Waals surface area contributed by atoms with Gasteiger partial charge in [0, 0.05) is 24.7 Å². The number of anilines is 1. The SMILES string of the molecule is COc1ccc(C(C)NC(=O)COc2cccc(N3CCCC3=O)c2)cc1F. The minimum atomic E-state index is -0.481. The summed E-state index contributed by atoms with van der Waals surface area (Å²) in [5.74, 6) is -0.0510. The minimum absolute atomic E-state index is 0.0930. The van der Waals surface area contributed by atoms with Gasteiger partial charge in [0.2, 0.25) is 5.91 Å². The lowest BCUT2D eigenvalue weighted by Crippen LogP contribution is -2.31. The predicted octanol–water partition coefficient (Wildman–Crippen LogP) is 3.22. The van der Waals surface area contributed by atoms with Gasteiger partial charge in [0.15, 0.2) is 18.2 Å². The molecule has 0 aliphatic carbocycles. The molecule has 148 valence electrons. The lowest BCUT2D eigenvalue weighted by Gasteiger charge is -2.17. The number of benzene rings is 2. The molecule has 3 rings (SSSR count). The molecule has 28 heavy (non-hydrogen) atoms. The Morgan fingerprint density at radius 1 is 1.29 bits per heavy atom. The van der Waals surface area contributed by atoms with E-state index < -0.39 is 5.82 Å². The van der Waals surface area contributed by atoms with Crippen LogP contribution >= 0.6 is 0 Å². The van der Waals surface area contributed by atoms with Crippen LogP contribution in [0.5, 0.6) is 11.5 Å². The number of hydrogen-bond acceptors (Lipinski definition) is 4. The Kier molecular flexibility index (Phi) is 6.13. The zero-order valence-electron chi connectivity index (χ0n) is 15.9. The molecule has 2 aromatic carbocycles. The number of hydrogen-bond donors (Lipinski definition) is 1. The maximum absolute atomic E-state index is 13.8. The van der Waals surface area contributed by atoms with Crippen LogP contribution in [0.25, 0.3) is 0 Å². The van der Waals surface area contributed by atoms with Gasteiger partial charge in [0.05, 0.1) is 13.2 Å². The third-order valence-electron chi connectivity index (χ3n) is 4.63. The zero-order valence-corrected chi connectivity index (χ0v) is 15.9. The van der Waals surface area contributed by atoms with E-state index in [0.717, 1.165) is 12.1 Å². The molecule has 1 aliphatic heterocycles. The van der Waals surface area contributed by atoms with Crippen LogP contribution in [0.15, 0.2) is 42.5 Å². The Labute approximate surface area is 163 Å². The van der Waals surface area contributed by atoms with Gasteiger partial charge in [-0.2, -0.15) is 0 Å². The summed E-state index contributed by atoms with van der Waals surface area (Å²) in [6, 6.07) is 11.3. The standard InChI is InChI=1S/C21H23FN2O4/c1-14(15-8-9-19(27-2)18(22)11-15)23-20(25)13-28-17-6-3-5-16(12-17)24-10-4-7-21(24)26/h3,5-6,8-9,11-12,14H,4,7,10,13H2,1-2H3,(H,23,25). The summed E-state index contributed by atoms with van der Waals surface area (Å²) >= 11 is 0. The molecule has 1 fully saturated rings. The zero-order chi connectivity index (χ0) is 20.1. The van der Waals surface area contributed by atoms with Gasteiger partial charge >= 0.3 is 0 Å². The number of carbonyl (C=O) groups excluding carboxylic acids is 2. The van der Waals surface area contributed by atoms with E-state index in [1.165, 1.54) is 19.2 Å². The maximum atomic E-state index is 13.8. The molecule has 2 aromatic rings. The molecule has 1 saturated heterocycles. The van der Waals surface area contributed by atoms with Gasteiger partial charge in [0.25, 0.3) is 5.91 Å². The van der Waals surface area contributed by atoms with Crippen molar-refractivity contribution in [2.45, 2.75) is 25.8 Å². The lowest BCUT2D eigenvalue weighted by molar-refractivity contribution is -0.123. The monoisotopic (exact) mass is 386 g/mol. The van der Waals surface area contributed by atoms with Gasteiger partial charge in [0.1, 0.15) is 5.75 Å². The van der Waals surface area contributed by atoms with Crippen molar-refractivity contribution in [2.24, 2.45) is 0 Å². The number of nitrogens with one attached hydrogen (secondary N) is 1. The van der Waals surface area contributed by atoms with E-state index in [4.69, 9.17) is 9.47 Å². The lowest BCUT2D eigenvalue weighted by atomic mass is 10.1. The van der Waals surface area contributed by atoms with E-state index in [9.17, 15) is 14.0 Å². The van der Waals surface area contributed by atoms with Gasteiger partial charge in [-0.05, 0) is 43.2 Å². The van der Waals surface area contributed by atoms with Crippen molar-refractivity contribution in [3.05, 3.63) is 53.8 Å². The molecule has 1 atom stereocenters. The molecule has 0 saturated carbocycles. The Morgan fingerprint density at radius 3 is 2.79 bits per heavy atom. The Balaban J connectivity index is 1.55. The second kappa shape index (κ2) is 8.73. The molecule has 0 aromatic heterocycles. The summed E-state index contributed by atoms with van der Waals surface area (Å²) in [6.07, 6.45) is 1.40. The van der Waals surface area contributed by atoms with Crippen LogP contribution in [-0.2, 0) is 9.59 Å². The van der Waals surface area contributed by atoms with E-state index in [0.29, 0.717) is 24.3 Å². The summed E-state index contributed by atoms with van der Waals surface area (Å²) in [5, 5.41) is 2.77. The molecule has 2 amide bonds. The molecule has 7 heteroatoms. The van der Waals surface area contributed by atoms with E-state index >= 15 is 0 Å². The van der Waals surface area contributed by atoms with Crippen LogP contribution in [0.2, 0.25) is 0 Å². The van der Waals surface area contributed by atoms with Crippen molar-refractivity contribution in [1.29, 1.82) is 0 Å². The number of halogens is 1. The van der Waals surface area contributed by atoms with Crippen molar-refractivity contribution >= 4 is 17.5 Å². The van der Waals surface area contributed by atoms with Crippen LogP contribution < -0.4 is 19.7 Å². The van der Waals surface area contributed by atoms with Crippen LogP contribution in [0.1, 0.15) is 31.4 Å². The second-order valence-corrected chi connectivity index (χ2v) is 6.62. The van der Waals surface area contributed by atoms with Crippen molar-refractivity contribution in [3.63, 3.8) is 0 Å². The summed E-state index contributed by atoms with van der Waals surface area (Å²) in [6.45, 7) is 2.28. The van der Waals surface area contributed by atoms with Gasteiger partial charge < -0.3 is 19.7 Å². The molecule has 1 unspecified atom stereocenters. The third kappa shape index (κ3) is 4.60. The molecular weight excluding hydrogens is 363 g/mol. The molecule has 1 N–H and O–H groups in total. The number of methoxy groups -OCH3 is 1. The van der Waals surface area contributed by atoms with E-state index in [-0.39, 0.29) is 30.2 Å². The van der Waals surface area contributed by atoms with E-state index in [2.05, 4.69) is 5.32 Å². The van der Waals surface area contributed by atoms with E-state index in [1.807, 2.05) is 6.07 Å². The topological polar surface area (TPSA) is 67.9 Å². The van der Waals surface area contributed by atoms with Crippen molar-refractivity contribution in [1.82, 2.24) is 5.32 Å². The molecule has 0 spiro atoms. The summed E-state index contributed by atoms with van der Waals surface area (Å²) < 4.78 is 24.3. The fraction of sp³-hybridized carbons (Fsp3) is 0.333. The highest BCUT2D eigenvalue weighted by Crippen LogP contribution is 2.25. The smallest absolute Gasteiger partial charge is 0.258 e. The fourth-order valence-corrected chi connectivity index (χ4v) is 3.13. The maximum Gasteiger partial charge on any atom is 0.258 e. The molecule has 1 heterocycles. The first-order valence-electron chi connectivity index (χ1n) is 9.14. The molecule has 1 aliphatic rings. The highest BCUT2D eigenvalue weighted by atomic mass is 19.1. The third-order valence-corrected chi connectivity index (χ3v) is 4.63. The van der Waals surface area contributed by atoms with Crippen LogP contribution in [0.4, 0.5) is 10.1 Å². The van der Waals surface area contributed by atoms with Gasteiger partial charge in [-0.25, -0.2) is 4.39 Å². The van der Waals surface area contributed by atoms with Crippen LogP contribution in [0, 0.1) is 5.82 Å². The first-order chi connectivity index (χ1) is 13.5. The molecule has 6 nitrogen and oxygen atoms in total. The quantitative estimate of drug-likeness (QED) is 0.793. The number of carbonyl (C=O) groups is 2. The van der Waals surface area contributed by atoms with E-state index in [1.54, 1.807) is 36.1 Å². The normalized spacial score (nSPS) is 14.7. The summed E-state index contributed by atoms with van der Waals surface area (Å²) in [5.41, 5.74) is 1.39. The summed E-state index contributed by atoms with van der Waals surface area (Å²) in [7, 11) is 1.40. The summed E-state index contributed by atoms with van der Waals surface area (Å²) in [4.78, 5) is 25.8. The van der Waals surface area contributed by atoms with Crippen molar-refractivity contribution < 1.29 is 23.5 Å². The number of rotatable bonds is 7. The Morgan fingerprint density at radius 2 is 2.11 bits per heavy atom. The average molecular weight is 386 g/mol. The number of ether oxygens (including phenoxy) is 2. The van der Waals surface area contributed by atoms with Crippen LogP contribution in [0.3, 0.4) is 0 Å². The van der Waals surface area contributed by atoms with Gasteiger partial charge in [-0.1, -0.05) is 12.1 Å². The number of nitrogens with zero attached hydrogens (tertiary/aromatic N) is 1. The van der Waals surface area contributed by atoms with Gasteiger partial charge in [-0.3, -0.25) is 9.59 Å². The largest absolute Gasteiger partial charge is 0.494 e. The first-order valence-corrected chi connectivity index (χ1v) is 9.14.